The summed E-state index contributed by atoms with van der Waals surface area (Å²) in [5.74, 6) is -2.62. The predicted octanol–water partition coefficient (Wildman–Crippen LogP) is 5.16. The number of carbonyl (C=O) groups is 4. The third-order valence-electron chi connectivity index (χ3n) is 7.45. The molecule has 0 aromatic heterocycles. The van der Waals surface area contributed by atoms with Gasteiger partial charge in [-0.15, -0.1) is 11.8 Å². The van der Waals surface area contributed by atoms with Crippen molar-refractivity contribution in [3.63, 3.8) is 0 Å². The molecule has 0 radical (unpaired) electrons. The zero-order valence-electron chi connectivity index (χ0n) is 22.4. The Bertz CT molecular complexity index is 1520. The molecule has 3 aliphatic rings. The van der Waals surface area contributed by atoms with E-state index < -0.39 is 41.3 Å². The van der Waals surface area contributed by atoms with Crippen LogP contribution in [0.25, 0.3) is 5.70 Å². The van der Waals surface area contributed by atoms with Crippen LogP contribution in [0.4, 0.5) is 21.0 Å². The molecule has 10 heteroatoms. The molecule has 208 valence electrons. The molecule has 3 heterocycles. The molecule has 4 amide bonds. The third-order valence-corrected chi connectivity index (χ3v) is 8.66. The summed E-state index contributed by atoms with van der Waals surface area (Å²) >= 11 is 1.22. The molecule has 0 aliphatic carbocycles. The molecular formula is C31H28N4O5S. The summed E-state index contributed by atoms with van der Waals surface area (Å²) in [5, 5.41) is 0.896. The topological polar surface area (TPSA) is 90.5 Å². The number of urea groups is 2. The Kier molecular flexibility index (Phi) is 7.00. The first-order valence-electron chi connectivity index (χ1n) is 13.4. The van der Waals surface area contributed by atoms with E-state index in [-0.39, 0.29) is 13.2 Å². The van der Waals surface area contributed by atoms with E-state index >= 15 is 0 Å². The van der Waals surface area contributed by atoms with Gasteiger partial charge in [-0.3, -0.25) is 14.5 Å². The molecule has 0 N–H and O–H groups in total. The lowest BCUT2D eigenvalue weighted by Gasteiger charge is -2.59. The average Bonchev–Trinajstić information content (AvgIpc) is 3.40. The Morgan fingerprint density at radius 3 is 2.05 bits per heavy atom. The minimum Gasteiger partial charge on any atom is -0.466 e. The van der Waals surface area contributed by atoms with Crippen LogP contribution in [-0.2, 0) is 14.3 Å². The number of esters is 1. The second kappa shape index (κ2) is 10.8. The fourth-order valence-corrected chi connectivity index (χ4v) is 7.13. The van der Waals surface area contributed by atoms with Gasteiger partial charge in [0.25, 0.3) is 0 Å². The van der Waals surface area contributed by atoms with E-state index in [1.165, 1.54) is 11.8 Å². The Balaban J connectivity index is 1.58. The molecule has 2 saturated heterocycles. The van der Waals surface area contributed by atoms with Crippen LogP contribution in [0.3, 0.4) is 0 Å². The molecule has 1 spiro atoms. The van der Waals surface area contributed by atoms with Gasteiger partial charge < -0.3 is 9.64 Å². The van der Waals surface area contributed by atoms with Crippen molar-refractivity contribution >= 4 is 52.6 Å². The first-order valence-corrected chi connectivity index (χ1v) is 14.4. The van der Waals surface area contributed by atoms with Crippen molar-refractivity contribution in [1.82, 2.24) is 9.80 Å². The van der Waals surface area contributed by atoms with Gasteiger partial charge in [0.15, 0.2) is 5.78 Å². The number of rotatable bonds is 7. The Morgan fingerprint density at radius 2 is 1.41 bits per heavy atom. The van der Waals surface area contributed by atoms with Crippen LogP contribution in [0.2, 0.25) is 0 Å². The van der Waals surface area contributed by atoms with Crippen LogP contribution >= 0.6 is 11.8 Å². The average molecular weight is 569 g/mol. The van der Waals surface area contributed by atoms with E-state index in [1.54, 1.807) is 53.1 Å². The summed E-state index contributed by atoms with van der Waals surface area (Å²) in [6, 6.07) is 26.4. The van der Waals surface area contributed by atoms with Crippen molar-refractivity contribution in [1.29, 1.82) is 0 Å². The Morgan fingerprint density at radius 1 is 0.829 bits per heavy atom. The maximum atomic E-state index is 14.6. The first-order chi connectivity index (χ1) is 20.0. The van der Waals surface area contributed by atoms with Crippen molar-refractivity contribution in [2.24, 2.45) is 0 Å². The van der Waals surface area contributed by atoms with Gasteiger partial charge in [0.1, 0.15) is 11.7 Å². The number of nitrogens with zero attached hydrogens (tertiary/aromatic N) is 4. The zero-order valence-corrected chi connectivity index (χ0v) is 23.2. The summed E-state index contributed by atoms with van der Waals surface area (Å²) in [6.45, 7) is 2.45. The second-order valence-electron chi connectivity index (χ2n) is 9.73. The van der Waals surface area contributed by atoms with Crippen molar-refractivity contribution in [3.05, 3.63) is 102 Å². The molecule has 2 fully saturated rings. The van der Waals surface area contributed by atoms with E-state index in [2.05, 4.69) is 0 Å². The fourth-order valence-electron chi connectivity index (χ4n) is 5.83. The number of Topliss-reactive ketones (excluding diaryl/α,β-unsaturated/α-hetero) is 1. The number of carbonyl (C=O) groups excluding carboxylic acids is 4. The molecule has 9 nitrogen and oxygen atoms in total. The highest BCUT2D eigenvalue weighted by atomic mass is 32.2. The summed E-state index contributed by atoms with van der Waals surface area (Å²) < 4.78 is 5.10. The minimum atomic E-state index is -1.55. The van der Waals surface area contributed by atoms with Crippen molar-refractivity contribution in [3.8, 4) is 0 Å². The van der Waals surface area contributed by atoms with Gasteiger partial charge >= 0.3 is 18.0 Å². The lowest BCUT2D eigenvalue weighted by molar-refractivity contribution is -0.146. The predicted molar refractivity (Wildman–Crippen MR) is 157 cm³/mol. The molecular weight excluding hydrogens is 540 g/mol. The number of ketones is 1. The van der Waals surface area contributed by atoms with Gasteiger partial charge in [-0.1, -0.05) is 66.7 Å². The maximum Gasteiger partial charge on any atom is 0.340 e. The van der Waals surface area contributed by atoms with Crippen molar-refractivity contribution in [2.75, 3.05) is 29.5 Å². The molecule has 0 bridgehead atoms. The van der Waals surface area contributed by atoms with Gasteiger partial charge in [-0.2, -0.15) is 0 Å². The molecule has 0 unspecified atom stereocenters. The Hall–Kier alpha value is -4.57. The number of thioether (sulfide) groups is 1. The first kappa shape index (κ1) is 26.6. The highest BCUT2D eigenvalue weighted by Gasteiger charge is 2.68. The fraction of sp³-hybridized carbons (Fsp3) is 0.226. The summed E-state index contributed by atoms with van der Waals surface area (Å²) in [4.78, 5) is 61.7. The van der Waals surface area contributed by atoms with Crippen LogP contribution < -0.4 is 9.80 Å². The summed E-state index contributed by atoms with van der Waals surface area (Å²) in [5.41, 5.74) is 2.61. The van der Waals surface area contributed by atoms with Gasteiger partial charge in [0.05, 0.1) is 18.0 Å². The van der Waals surface area contributed by atoms with Gasteiger partial charge in [0.2, 0.25) is 5.79 Å². The van der Waals surface area contributed by atoms with Crippen LogP contribution in [-0.4, -0.2) is 64.3 Å². The smallest absolute Gasteiger partial charge is 0.340 e. The number of hydrogen-bond acceptors (Lipinski definition) is 7. The standard InChI is InChI=1S/C31H28N4O5S/c1-2-40-27(37)20-26(36)28-31-32(25(21-41-28)22-12-6-3-7-13-22)18-19-33(31)29(38)34(23-14-8-4-9-15-23)30(39)35(31)24-16-10-5-11-17-24/h3-17,21,28H,2,18-20H2,1H3/t28-,31+/m0/s1. The lowest BCUT2D eigenvalue weighted by Crippen LogP contribution is -2.81. The SMILES string of the molecule is CCOC(=O)CC(=O)[C@@H]1SC=C(c2ccccc2)N2CCN3C(=O)N(c4ccccc4)C(=O)N(c4ccccc4)[C@@]132. The summed E-state index contributed by atoms with van der Waals surface area (Å²) in [7, 11) is 0. The highest BCUT2D eigenvalue weighted by Crippen LogP contribution is 2.53. The van der Waals surface area contributed by atoms with Crippen LogP contribution in [0.1, 0.15) is 18.9 Å². The van der Waals surface area contributed by atoms with E-state index in [0.29, 0.717) is 17.9 Å². The van der Waals surface area contributed by atoms with E-state index in [1.807, 2.05) is 64.9 Å². The number of anilines is 2. The monoisotopic (exact) mass is 568 g/mol. The molecule has 3 aliphatic heterocycles. The number of para-hydroxylation sites is 2. The molecule has 3 aromatic carbocycles. The number of amides is 4. The van der Waals surface area contributed by atoms with Gasteiger partial charge in [-0.25, -0.2) is 19.4 Å². The second-order valence-corrected chi connectivity index (χ2v) is 10.7. The summed E-state index contributed by atoms with van der Waals surface area (Å²) in [6.07, 6.45) is -0.475. The lowest BCUT2D eigenvalue weighted by atomic mass is 9.99. The highest BCUT2D eigenvalue weighted by molar-refractivity contribution is 8.03. The molecule has 2 atom stereocenters. The quantitative estimate of drug-likeness (QED) is 0.287. The molecule has 6 rings (SSSR count). The van der Waals surface area contributed by atoms with Crippen LogP contribution in [0, 0.1) is 0 Å². The number of ether oxygens (including phenoxy) is 1. The number of benzene rings is 3. The minimum absolute atomic E-state index is 0.143. The third kappa shape index (κ3) is 4.26. The van der Waals surface area contributed by atoms with Gasteiger partial charge in [0, 0.05) is 18.8 Å². The zero-order chi connectivity index (χ0) is 28.6. The van der Waals surface area contributed by atoms with E-state index in [9.17, 15) is 19.2 Å². The van der Waals surface area contributed by atoms with Gasteiger partial charge in [-0.05, 0) is 42.2 Å². The number of hydrogen-bond donors (Lipinski definition) is 0. The maximum absolute atomic E-state index is 14.6. The number of imide groups is 1. The van der Waals surface area contributed by atoms with E-state index in [4.69, 9.17) is 4.74 Å². The molecule has 0 saturated carbocycles. The largest absolute Gasteiger partial charge is 0.466 e. The molecule has 3 aromatic rings. The van der Waals surface area contributed by atoms with Crippen molar-refractivity contribution in [2.45, 2.75) is 24.4 Å². The van der Waals surface area contributed by atoms with Crippen LogP contribution in [0.5, 0.6) is 0 Å². The normalized spacial score (nSPS) is 21.8. The Labute approximate surface area is 242 Å². The van der Waals surface area contributed by atoms with Crippen molar-refractivity contribution < 1.29 is 23.9 Å². The molecule has 41 heavy (non-hydrogen) atoms. The van der Waals surface area contributed by atoms with E-state index in [0.717, 1.165) is 16.2 Å². The van der Waals surface area contributed by atoms with Crippen LogP contribution in [0.15, 0.2) is 96.4 Å².